The summed E-state index contributed by atoms with van der Waals surface area (Å²) < 4.78 is 0. The molecular formula is C24H28N2O2. The van der Waals surface area contributed by atoms with E-state index in [9.17, 15) is 9.59 Å². The minimum atomic E-state index is -0.659. The number of nitrogens with zero attached hydrogens (tertiary/aromatic N) is 1. The number of hydrogen-bond donors (Lipinski definition) is 1. The molecule has 146 valence electrons. The fraction of sp³-hybridized carbons (Fsp3) is 0.417. The summed E-state index contributed by atoms with van der Waals surface area (Å²) in [5.74, 6) is 0.0981. The Kier molecular flexibility index (Phi) is 4.96. The number of hydrogen-bond acceptors (Lipinski definition) is 2. The molecule has 1 atom stereocenters. The van der Waals surface area contributed by atoms with Gasteiger partial charge in [0.1, 0.15) is 0 Å². The van der Waals surface area contributed by atoms with E-state index in [0.717, 1.165) is 43.4 Å². The van der Waals surface area contributed by atoms with Crippen LogP contribution in [0.3, 0.4) is 0 Å². The number of nitrogens with two attached hydrogens (primary N) is 1. The summed E-state index contributed by atoms with van der Waals surface area (Å²) >= 11 is 0. The molecule has 2 aromatic rings. The highest BCUT2D eigenvalue weighted by Crippen LogP contribution is 2.38. The molecule has 1 aliphatic heterocycles. The largest absolute Gasteiger partial charge is 0.369 e. The van der Waals surface area contributed by atoms with E-state index in [1.807, 2.05) is 4.90 Å². The summed E-state index contributed by atoms with van der Waals surface area (Å²) in [5, 5.41) is 0. The lowest BCUT2D eigenvalue weighted by Crippen LogP contribution is -2.53. The minimum Gasteiger partial charge on any atom is -0.369 e. The molecule has 4 nitrogen and oxygen atoms in total. The van der Waals surface area contributed by atoms with Crippen molar-refractivity contribution in [1.29, 1.82) is 0 Å². The summed E-state index contributed by atoms with van der Waals surface area (Å²) in [4.78, 5) is 26.8. The van der Waals surface area contributed by atoms with E-state index in [2.05, 4.69) is 55.5 Å². The van der Waals surface area contributed by atoms with Gasteiger partial charge in [0, 0.05) is 19.0 Å². The van der Waals surface area contributed by atoms with Crippen molar-refractivity contribution in [2.75, 3.05) is 13.1 Å². The lowest BCUT2D eigenvalue weighted by molar-refractivity contribution is -0.140. The number of carbonyl (C=O) groups is 2. The highest BCUT2D eigenvalue weighted by Gasteiger charge is 2.44. The van der Waals surface area contributed by atoms with Crippen molar-refractivity contribution >= 4 is 11.8 Å². The minimum absolute atomic E-state index is 0.178. The molecular weight excluding hydrogens is 348 g/mol. The van der Waals surface area contributed by atoms with Crippen molar-refractivity contribution in [3.8, 4) is 11.1 Å². The highest BCUT2D eigenvalue weighted by molar-refractivity contribution is 5.85. The second-order valence-corrected chi connectivity index (χ2v) is 8.52. The topological polar surface area (TPSA) is 63.4 Å². The molecule has 1 saturated carbocycles. The molecule has 2 amide bonds. The first-order valence-corrected chi connectivity index (χ1v) is 10.2. The van der Waals surface area contributed by atoms with Gasteiger partial charge in [-0.15, -0.1) is 0 Å². The average Bonchev–Trinajstić information content (AvgIpc) is 3.54. The van der Waals surface area contributed by atoms with Gasteiger partial charge in [0.05, 0.1) is 5.41 Å². The lowest BCUT2D eigenvalue weighted by atomic mass is 9.74. The standard InChI is InChI=1S/C24H28N2O2/c1-17-3-7-19(8-4-17)20-9-5-18(6-10-20)15-24(23(25)28)13-2-14-26(16-24)22(27)21-11-12-21/h3-10,21H,2,11-16H2,1H3,(H2,25,28)/t24-/m0/s1. The first kappa shape index (κ1) is 18.7. The molecule has 0 spiro atoms. The number of benzene rings is 2. The molecule has 2 aliphatic rings. The van der Waals surface area contributed by atoms with E-state index in [1.165, 1.54) is 11.1 Å². The first-order valence-electron chi connectivity index (χ1n) is 10.2. The zero-order chi connectivity index (χ0) is 19.7. The number of rotatable bonds is 5. The van der Waals surface area contributed by atoms with E-state index < -0.39 is 5.41 Å². The van der Waals surface area contributed by atoms with Crippen molar-refractivity contribution in [3.63, 3.8) is 0 Å². The third-order valence-corrected chi connectivity index (χ3v) is 6.22. The van der Waals surface area contributed by atoms with Crippen molar-refractivity contribution < 1.29 is 9.59 Å². The molecule has 1 aliphatic carbocycles. The predicted octanol–water partition coefficient (Wildman–Crippen LogP) is 3.71. The Morgan fingerprint density at radius 2 is 1.64 bits per heavy atom. The normalized spacial score (nSPS) is 22.1. The SMILES string of the molecule is Cc1ccc(-c2ccc(C[C@@]3(C(N)=O)CCCN(C(=O)C4CC4)C3)cc2)cc1. The maximum atomic E-state index is 12.5. The van der Waals surface area contributed by atoms with Crippen LogP contribution in [-0.2, 0) is 16.0 Å². The average molecular weight is 377 g/mol. The number of aryl methyl sites for hydroxylation is 1. The van der Waals surface area contributed by atoms with Crippen LogP contribution < -0.4 is 5.73 Å². The molecule has 0 unspecified atom stereocenters. The summed E-state index contributed by atoms with van der Waals surface area (Å²) in [6.45, 7) is 3.28. The van der Waals surface area contributed by atoms with Gasteiger partial charge in [-0.2, -0.15) is 0 Å². The fourth-order valence-corrected chi connectivity index (χ4v) is 4.29. The number of likely N-dealkylation sites (tertiary alicyclic amines) is 1. The third kappa shape index (κ3) is 3.82. The van der Waals surface area contributed by atoms with Gasteiger partial charge in [0.15, 0.2) is 0 Å². The molecule has 4 heteroatoms. The monoisotopic (exact) mass is 376 g/mol. The van der Waals surface area contributed by atoms with Crippen LogP contribution in [0.4, 0.5) is 0 Å². The maximum absolute atomic E-state index is 12.5. The van der Waals surface area contributed by atoms with Crippen molar-refractivity contribution in [3.05, 3.63) is 59.7 Å². The number of amides is 2. The van der Waals surface area contributed by atoms with Crippen LogP contribution in [-0.4, -0.2) is 29.8 Å². The van der Waals surface area contributed by atoms with Crippen LogP contribution in [0, 0.1) is 18.3 Å². The Bertz CT molecular complexity index is 868. The summed E-state index contributed by atoms with van der Waals surface area (Å²) in [6, 6.07) is 16.8. The second-order valence-electron chi connectivity index (χ2n) is 8.52. The van der Waals surface area contributed by atoms with E-state index in [-0.39, 0.29) is 17.7 Å². The third-order valence-electron chi connectivity index (χ3n) is 6.22. The number of primary amides is 1. The van der Waals surface area contributed by atoms with E-state index in [0.29, 0.717) is 13.0 Å². The Balaban J connectivity index is 1.52. The number of carbonyl (C=O) groups excluding carboxylic acids is 2. The predicted molar refractivity (Wildman–Crippen MR) is 110 cm³/mol. The quantitative estimate of drug-likeness (QED) is 0.865. The van der Waals surface area contributed by atoms with Crippen LogP contribution in [0.15, 0.2) is 48.5 Å². The van der Waals surface area contributed by atoms with Crippen molar-refractivity contribution in [2.45, 2.75) is 39.0 Å². The van der Waals surface area contributed by atoms with Crippen LogP contribution in [0.5, 0.6) is 0 Å². The molecule has 28 heavy (non-hydrogen) atoms. The molecule has 4 rings (SSSR count). The Labute approximate surface area is 166 Å². The van der Waals surface area contributed by atoms with Gasteiger partial charge in [0.2, 0.25) is 11.8 Å². The fourth-order valence-electron chi connectivity index (χ4n) is 4.29. The van der Waals surface area contributed by atoms with Crippen LogP contribution in [0.25, 0.3) is 11.1 Å². The molecule has 2 fully saturated rings. The smallest absolute Gasteiger partial charge is 0.225 e. The Hall–Kier alpha value is -2.62. The van der Waals surface area contributed by atoms with Gasteiger partial charge >= 0.3 is 0 Å². The van der Waals surface area contributed by atoms with Gasteiger partial charge in [0.25, 0.3) is 0 Å². The Morgan fingerprint density at radius 3 is 2.21 bits per heavy atom. The van der Waals surface area contributed by atoms with Crippen molar-refractivity contribution in [1.82, 2.24) is 4.90 Å². The van der Waals surface area contributed by atoms with E-state index >= 15 is 0 Å². The van der Waals surface area contributed by atoms with E-state index in [1.54, 1.807) is 0 Å². The summed E-state index contributed by atoms with van der Waals surface area (Å²) in [5.41, 5.74) is 9.88. The Morgan fingerprint density at radius 1 is 1.04 bits per heavy atom. The van der Waals surface area contributed by atoms with Gasteiger partial charge in [-0.05, 0) is 55.7 Å². The molecule has 0 radical (unpaired) electrons. The first-order chi connectivity index (χ1) is 13.5. The van der Waals surface area contributed by atoms with Crippen LogP contribution >= 0.6 is 0 Å². The molecule has 1 saturated heterocycles. The van der Waals surface area contributed by atoms with Gasteiger partial charge < -0.3 is 10.6 Å². The molecule has 0 bridgehead atoms. The second kappa shape index (κ2) is 7.42. The molecule has 2 aromatic carbocycles. The number of piperidine rings is 1. The molecule has 1 heterocycles. The van der Waals surface area contributed by atoms with Crippen molar-refractivity contribution in [2.24, 2.45) is 17.1 Å². The van der Waals surface area contributed by atoms with Gasteiger partial charge in [-0.3, -0.25) is 9.59 Å². The van der Waals surface area contributed by atoms with E-state index in [4.69, 9.17) is 5.73 Å². The summed E-state index contributed by atoms with van der Waals surface area (Å²) in [7, 11) is 0. The van der Waals surface area contributed by atoms with Crippen LogP contribution in [0.2, 0.25) is 0 Å². The van der Waals surface area contributed by atoms with Crippen LogP contribution in [0.1, 0.15) is 36.8 Å². The molecule has 0 aromatic heterocycles. The van der Waals surface area contributed by atoms with Gasteiger partial charge in [-0.1, -0.05) is 54.1 Å². The van der Waals surface area contributed by atoms with Gasteiger partial charge in [-0.25, -0.2) is 0 Å². The summed E-state index contributed by atoms with van der Waals surface area (Å²) in [6.07, 6.45) is 4.14. The maximum Gasteiger partial charge on any atom is 0.225 e. The lowest BCUT2D eigenvalue weighted by Gasteiger charge is -2.41. The zero-order valence-electron chi connectivity index (χ0n) is 16.5. The zero-order valence-corrected chi connectivity index (χ0v) is 16.5. The molecule has 2 N–H and O–H groups in total. The highest BCUT2D eigenvalue weighted by atomic mass is 16.2.